The largest absolute Gasteiger partial charge is 0.383 e. The molecule has 0 aliphatic heterocycles. The van der Waals surface area contributed by atoms with E-state index in [1.165, 1.54) is 18.5 Å². The first-order chi connectivity index (χ1) is 15.8. The first kappa shape index (κ1) is 24.6. The topological polar surface area (TPSA) is 142 Å². The molecule has 176 valence electrons. The fourth-order valence-corrected chi connectivity index (χ4v) is 4.06. The molecule has 0 spiro atoms. The molecule has 0 radical (unpaired) electrons. The molecule has 1 heterocycles. The van der Waals surface area contributed by atoms with Gasteiger partial charge >= 0.3 is 0 Å². The van der Waals surface area contributed by atoms with Crippen molar-refractivity contribution in [2.45, 2.75) is 43.8 Å². The van der Waals surface area contributed by atoms with Gasteiger partial charge in [-0.2, -0.15) is 4.39 Å². The number of primary amides is 1. The van der Waals surface area contributed by atoms with Crippen LogP contribution in [-0.4, -0.2) is 34.9 Å². The monoisotopic (exact) mass is 473 g/mol. The van der Waals surface area contributed by atoms with E-state index in [9.17, 15) is 9.18 Å². The van der Waals surface area contributed by atoms with Crippen molar-refractivity contribution in [3.8, 4) is 0 Å². The summed E-state index contributed by atoms with van der Waals surface area (Å²) in [6.45, 7) is 1.06. The van der Waals surface area contributed by atoms with Gasteiger partial charge in [0.15, 0.2) is 0 Å². The molecular formula is C23H29ClFN7O. The molecule has 1 aromatic carbocycles. The van der Waals surface area contributed by atoms with E-state index in [4.69, 9.17) is 28.5 Å². The quantitative estimate of drug-likeness (QED) is 0.143. The van der Waals surface area contributed by atoms with Gasteiger partial charge in [0.05, 0.1) is 5.57 Å². The maximum absolute atomic E-state index is 13.3. The number of benzene rings is 1. The van der Waals surface area contributed by atoms with Gasteiger partial charge in [0.1, 0.15) is 5.84 Å². The number of rotatable bonds is 9. The molecule has 3 rings (SSSR count). The number of nitrogens with one attached hydrogen (secondary N) is 4. The number of aromatic nitrogens is 1. The molecule has 33 heavy (non-hydrogen) atoms. The number of hydrogen-bond acceptors (Lipinski definition) is 6. The van der Waals surface area contributed by atoms with Crippen molar-refractivity contribution in [3.05, 3.63) is 70.9 Å². The summed E-state index contributed by atoms with van der Waals surface area (Å²) >= 11 is 6.24. The van der Waals surface area contributed by atoms with E-state index >= 15 is 0 Å². The highest BCUT2D eigenvalue weighted by molar-refractivity contribution is 6.31. The van der Waals surface area contributed by atoms with Gasteiger partial charge in [-0.05, 0) is 43.4 Å². The molecule has 8 N–H and O–H groups in total. The lowest BCUT2D eigenvalue weighted by Crippen LogP contribution is -2.53. The molecule has 1 saturated carbocycles. The molecule has 0 bridgehead atoms. The number of nitrogens with zero attached hydrogens (tertiary/aromatic N) is 1. The Morgan fingerprint density at radius 3 is 2.67 bits per heavy atom. The molecule has 1 aromatic heterocycles. The molecule has 0 saturated heterocycles. The highest BCUT2D eigenvalue weighted by atomic mass is 35.5. The van der Waals surface area contributed by atoms with Crippen LogP contribution >= 0.6 is 11.6 Å². The molecule has 0 unspecified atom stereocenters. The molecular weight excluding hydrogens is 445 g/mol. The second-order valence-electron chi connectivity index (χ2n) is 8.16. The Hall–Kier alpha value is -3.01. The van der Waals surface area contributed by atoms with E-state index in [2.05, 4.69) is 20.9 Å². The minimum absolute atomic E-state index is 0.0565. The smallest absolute Gasteiger partial charge is 0.253 e. The summed E-state index contributed by atoms with van der Waals surface area (Å²) in [7, 11) is 0. The van der Waals surface area contributed by atoms with Crippen LogP contribution in [0.2, 0.25) is 5.02 Å². The Bertz CT molecular complexity index is 1020. The minimum Gasteiger partial charge on any atom is -0.383 e. The van der Waals surface area contributed by atoms with Crippen molar-refractivity contribution < 1.29 is 9.18 Å². The van der Waals surface area contributed by atoms with Gasteiger partial charge in [-0.3, -0.25) is 10.2 Å². The second-order valence-corrected chi connectivity index (χ2v) is 8.57. The number of anilines is 1. The zero-order chi connectivity index (χ0) is 23.8. The van der Waals surface area contributed by atoms with Gasteiger partial charge in [0.25, 0.3) is 5.91 Å². The van der Waals surface area contributed by atoms with Crippen LogP contribution in [0, 0.1) is 11.4 Å². The molecule has 1 amide bonds. The minimum atomic E-state index is -0.781. The highest BCUT2D eigenvalue weighted by Crippen LogP contribution is 2.28. The van der Waals surface area contributed by atoms with Crippen molar-refractivity contribution in [3.63, 3.8) is 0 Å². The lowest BCUT2D eigenvalue weighted by atomic mass is 9.79. The van der Waals surface area contributed by atoms with Gasteiger partial charge in [-0.25, -0.2) is 4.98 Å². The van der Waals surface area contributed by atoms with Gasteiger partial charge < -0.3 is 27.4 Å². The zero-order valence-corrected chi connectivity index (χ0v) is 19.0. The van der Waals surface area contributed by atoms with E-state index in [-0.39, 0.29) is 11.4 Å². The van der Waals surface area contributed by atoms with Crippen LogP contribution in [0.5, 0.6) is 0 Å². The van der Waals surface area contributed by atoms with Crippen molar-refractivity contribution in [1.82, 2.24) is 15.6 Å². The Morgan fingerprint density at radius 2 is 2.03 bits per heavy atom. The molecule has 2 aromatic rings. The summed E-state index contributed by atoms with van der Waals surface area (Å²) in [5.41, 5.74) is 12.4. The van der Waals surface area contributed by atoms with E-state index in [1.54, 1.807) is 0 Å². The lowest BCUT2D eigenvalue weighted by molar-refractivity contribution is -0.114. The van der Waals surface area contributed by atoms with Crippen LogP contribution in [0.1, 0.15) is 31.2 Å². The maximum atomic E-state index is 13.3. The highest BCUT2D eigenvalue weighted by Gasteiger charge is 2.33. The second kappa shape index (κ2) is 11.2. The molecule has 1 aliphatic carbocycles. The average Bonchev–Trinajstić information content (AvgIpc) is 2.79. The summed E-state index contributed by atoms with van der Waals surface area (Å²) in [5.74, 6) is -1.72. The Morgan fingerprint density at radius 1 is 1.30 bits per heavy atom. The van der Waals surface area contributed by atoms with Crippen molar-refractivity contribution in [1.29, 1.82) is 5.41 Å². The van der Waals surface area contributed by atoms with Crippen LogP contribution < -0.4 is 27.4 Å². The van der Waals surface area contributed by atoms with Crippen molar-refractivity contribution >= 4 is 29.0 Å². The third kappa shape index (κ3) is 6.74. The third-order valence-electron chi connectivity index (χ3n) is 5.93. The van der Waals surface area contributed by atoms with Crippen LogP contribution in [0.4, 0.5) is 10.1 Å². The number of amidine groups is 1. The van der Waals surface area contributed by atoms with Gasteiger partial charge in [-0.15, -0.1) is 0 Å². The normalized spacial score (nSPS) is 20.8. The predicted octanol–water partition coefficient (Wildman–Crippen LogP) is 2.65. The van der Waals surface area contributed by atoms with Crippen LogP contribution in [0.15, 0.2) is 54.4 Å². The standard InChI is InChI=1S/C23H29ClFN7O/c24-19-4-2-1-3-15(19)12-30-16-5-8-23(14-26,9-6-16)31-13-18(22(28)33)21(27)32-17-7-10-29-20(25)11-17/h1-4,7,10-11,13,16,30-31H,5-6,8-9,12,14,26H2,(H2,28,33)(H2,27,29,32)/b18-13+. The van der Waals surface area contributed by atoms with Crippen LogP contribution in [-0.2, 0) is 11.3 Å². The van der Waals surface area contributed by atoms with Gasteiger partial charge in [-0.1, -0.05) is 29.8 Å². The molecule has 10 heteroatoms. The number of hydrogen-bond donors (Lipinski definition) is 6. The molecule has 1 aliphatic rings. The SMILES string of the molecule is N=C(Nc1ccnc(F)c1)/C(=C\NC1(CN)CCC(NCc2ccccc2Cl)CC1)C(N)=O. The molecule has 1 fully saturated rings. The molecule has 0 atom stereocenters. The summed E-state index contributed by atoms with van der Waals surface area (Å²) in [4.78, 5) is 15.4. The van der Waals surface area contributed by atoms with Gasteiger partial charge in [0, 0.05) is 53.8 Å². The number of carbonyl (C=O) groups is 1. The maximum Gasteiger partial charge on any atom is 0.253 e. The summed E-state index contributed by atoms with van der Waals surface area (Å²) in [6, 6.07) is 10.7. The fraction of sp³-hybridized carbons (Fsp3) is 0.348. The van der Waals surface area contributed by atoms with Crippen molar-refractivity contribution in [2.75, 3.05) is 11.9 Å². The number of pyridine rings is 1. The molecule has 8 nitrogen and oxygen atoms in total. The first-order valence-corrected chi connectivity index (χ1v) is 11.1. The van der Waals surface area contributed by atoms with E-state index in [1.807, 2.05) is 24.3 Å². The van der Waals surface area contributed by atoms with Crippen LogP contribution in [0.25, 0.3) is 0 Å². The Labute approximate surface area is 197 Å². The lowest BCUT2D eigenvalue weighted by Gasteiger charge is -2.40. The van der Waals surface area contributed by atoms with E-state index in [0.29, 0.717) is 24.8 Å². The van der Waals surface area contributed by atoms with E-state index in [0.717, 1.165) is 42.3 Å². The number of carbonyl (C=O) groups excluding carboxylic acids is 1. The number of nitrogens with two attached hydrogens (primary N) is 2. The summed E-state index contributed by atoms with van der Waals surface area (Å²) in [6.07, 6.45) is 6.03. The zero-order valence-electron chi connectivity index (χ0n) is 18.2. The summed E-state index contributed by atoms with van der Waals surface area (Å²) in [5, 5.41) is 18.4. The predicted molar refractivity (Wildman–Crippen MR) is 128 cm³/mol. The van der Waals surface area contributed by atoms with Crippen LogP contribution in [0.3, 0.4) is 0 Å². The van der Waals surface area contributed by atoms with Crippen molar-refractivity contribution in [2.24, 2.45) is 11.5 Å². The number of halogens is 2. The van der Waals surface area contributed by atoms with Gasteiger partial charge in [0.2, 0.25) is 5.95 Å². The summed E-state index contributed by atoms with van der Waals surface area (Å²) < 4.78 is 13.3. The van der Waals surface area contributed by atoms with E-state index < -0.39 is 17.4 Å². The average molecular weight is 474 g/mol. The third-order valence-corrected chi connectivity index (χ3v) is 6.29. The Balaban J connectivity index is 1.59. The number of amides is 1. The fourth-order valence-electron chi connectivity index (χ4n) is 3.86. The Kier molecular flexibility index (Phi) is 8.37. The first-order valence-electron chi connectivity index (χ1n) is 10.7.